The fraction of sp³-hybridized carbons (Fsp3) is 0.462. The summed E-state index contributed by atoms with van der Waals surface area (Å²) in [6.45, 7) is 5.24. The third-order valence-corrected chi connectivity index (χ3v) is 3.73. The number of anilines is 1. The van der Waals surface area contributed by atoms with Crippen molar-refractivity contribution in [2.24, 2.45) is 0 Å². The fourth-order valence-electron chi connectivity index (χ4n) is 2.07. The van der Waals surface area contributed by atoms with E-state index in [1.165, 1.54) is 4.90 Å². The number of carbonyl (C=O) groups excluding carboxylic acids is 1. The van der Waals surface area contributed by atoms with Gasteiger partial charge in [0.05, 0.1) is 13.2 Å². The predicted octanol–water partition coefficient (Wildman–Crippen LogP) is 0.691. The minimum absolute atomic E-state index is 0.0483. The Bertz CT molecular complexity index is 419. The third-order valence-electron chi connectivity index (χ3n) is 3.23. The molecule has 0 spiro atoms. The van der Waals surface area contributed by atoms with Crippen molar-refractivity contribution in [1.82, 2.24) is 0 Å². The van der Waals surface area contributed by atoms with E-state index in [-0.39, 0.29) is 11.9 Å². The predicted molar refractivity (Wildman–Crippen MR) is 73.7 cm³/mol. The summed E-state index contributed by atoms with van der Waals surface area (Å²) in [4.78, 5) is 13.4. The SMILES string of the molecule is C[C@@H](C(=O)Nc1cccc(Br)c1)[NH+]1CCOCC1. The highest BCUT2D eigenvalue weighted by Crippen LogP contribution is 2.15. The van der Waals surface area contributed by atoms with Crippen LogP contribution in [0.25, 0.3) is 0 Å². The van der Waals surface area contributed by atoms with Gasteiger partial charge >= 0.3 is 0 Å². The van der Waals surface area contributed by atoms with Crippen LogP contribution in [0.15, 0.2) is 28.7 Å². The summed E-state index contributed by atoms with van der Waals surface area (Å²) >= 11 is 3.39. The van der Waals surface area contributed by atoms with Crippen molar-refractivity contribution in [3.63, 3.8) is 0 Å². The molecule has 0 unspecified atom stereocenters. The van der Waals surface area contributed by atoms with Gasteiger partial charge in [0, 0.05) is 10.2 Å². The van der Waals surface area contributed by atoms with Crippen LogP contribution in [0.2, 0.25) is 0 Å². The van der Waals surface area contributed by atoms with Gasteiger partial charge < -0.3 is 15.0 Å². The second kappa shape index (κ2) is 6.31. The van der Waals surface area contributed by atoms with E-state index in [1.807, 2.05) is 31.2 Å². The highest BCUT2D eigenvalue weighted by Gasteiger charge is 2.26. The summed E-state index contributed by atoms with van der Waals surface area (Å²) in [6.07, 6.45) is 0. The topological polar surface area (TPSA) is 42.8 Å². The Morgan fingerprint density at radius 2 is 2.17 bits per heavy atom. The number of hydrogen-bond acceptors (Lipinski definition) is 2. The smallest absolute Gasteiger partial charge is 0.282 e. The molecule has 0 aromatic heterocycles. The Labute approximate surface area is 115 Å². The molecule has 2 rings (SSSR count). The number of nitrogens with one attached hydrogen (secondary N) is 2. The molecule has 1 fully saturated rings. The molecular weight excluding hydrogens is 296 g/mol. The summed E-state index contributed by atoms with van der Waals surface area (Å²) in [5.41, 5.74) is 0.828. The van der Waals surface area contributed by atoms with Crippen molar-refractivity contribution in [3.05, 3.63) is 28.7 Å². The number of amides is 1. The Morgan fingerprint density at radius 1 is 1.44 bits per heavy atom. The van der Waals surface area contributed by atoms with E-state index in [9.17, 15) is 4.79 Å². The van der Waals surface area contributed by atoms with Crippen LogP contribution in [0, 0.1) is 0 Å². The standard InChI is InChI=1S/C13H17BrN2O2/c1-10(16-5-7-18-8-6-16)13(17)15-12-4-2-3-11(14)9-12/h2-4,9-10H,5-8H2,1H3,(H,15,17)/p+1/t10-/m0/s1. The first-order valence-corrected chi connectivity index (χ1v) is 6.95. The zero-order chi connectivity index (χ0) is 13.0. The first-order valence-electron chi connectivity index (χ1n) is 6.15. The van der Waals surface area contributed by atoms with E-state index in [4.69, 9.17) is 4.74 Å². The molecule has 1 aliphatic heterocycles. The lowest BCUT2D eigenvalue weighted by atomic mass is 10.2. The van der Waals surface area contributed by atoms with E-state index in [1.54, 1.807) is 0 Å². The number of benzene rings is 1. The minimum Gasteiger partial charge on any atom is -0.370 e. The largest absolute Gasteiger partial charge is 0.370 e. The van der Waals surface area contributed by atoms with Crippen LogP contribution < -0.4 is 10.2 Å². The van der Waals surface area contributed by atoms with Gasteiger partial charge in [-0.3, -0.25) is 4.79 Å². The van der Waals surface area contributed by atoms with Crippen molar-refractivity contribution in [3.8, 4) is 0 Å². The molecule has 4 nitrogen and oxygen atoms in total. The molecule has 0 aliphatic carbocycles. The van der Waals surface area contributed by atoms with Crippen molar-refractivity contribution < 1.29 is 14.4 Å². The molecule has 1 saturated heterocycles. The average Bonchev–Trinajstić information content (AvgIpc) is 2.39. The first-order chi connectivity index (χ1) is 8.66. The van der Waals surface area contributed by atoms with Gasteiger partial charge in [0.2, 0.25) is 0 Å². The fourth-order valence-corrected chi connectivity index (χ4v) is 2.47. The molecule has 1 aliphatic rings. The molecule has 0 bridgehead atoms. The van der Waals surface area contributed by atoms with Gasteiger partial charge in [0.25, 0.3) is 5.91 Å². The van der Waals surface area contributed by atoms with Crippen LogP contribution >= 0.6 is 15.9 Å². The maximum Gasteiger partial charge on any atom is 0.282 e. The monoisotopic (exact) mass is 313 g/mol. The molecule has 0 saturated carbocycles. The molecule has 0 radical (unpaired) electrons. The van der Waals surface area contributed by atoms with E-state index in [0.29, 0.717) is 0 Å². The van der Waals surface area contributed by atoms with E-state index < -0.39 is 0 Å². The first kappa shape index (κ1) is 13.5. The van der Waals surface area contributed by atoms with Crippen LogP contribution in [-0.2, 0) is 9.53 Å². The highest BCUT2D eigenvalue weighted by atomic mass is 79.9. The van der Waals surface area contributed by atoms with Crippen molar-refractivity contribution >= 4 is 27.5 Å². The van der Waals surface area contributed by atoms with Crippen molar-refractivity contribution in [1.29, 1.82) is 0 Å². The molecule has 2 N–H and O–H groups in total. The number of ether oxygens (including phenoxy) is 1. The molecule has 1 atom stereocenters. The summed E-state index contributed by atoms with van der Waals surface area (Å²) < 4.78 is 6.27. The summed E-state index contributed by atoms with van der Waals surface area (Å²) in [6, 6.07) is 7.59. The average molecular weight is 314 g/mol. The minimum atomic E-state index is -0.0483. The summed E-state index contributed by atoms with van der Waals surface area (Å²) in [5, 5.41) is 2.95. The Hall–Kier alpha value is -0.910. The van der Waals surface area contributed by atoms with Crippen LogP contribution in [-0.4, -0.2) is 38.3 Å². The highest BCUT2D eigenvalue weighted by molar-refractivity contribution is 9.10. The Kier molecular flexibility index (Phi) is 4.74. The number of quaternary nitrogens is 1. The lowest BCUT2D eigenvalue weighted by Gasteiger charge is -2.28. The van der Waals surface area contributed by atoms with Crippen LogP contribution in [0.3, 0.4) is 0 Å². The summed E-state index contributed by atoms with van der Waals surface area (Å²) in [7, 11) is 0. The molecular formula is C13H18BrN2O2+. The second-order valence-corrected chi connectivity index (χ2v) is 5.41. The molecule has 1 aromatic carbocycles. The Morgan fingerprint density at radius 3 is 2.83 bits per heavy atom. The van der Waals surface area contributed by atoms with Crippen molar-refractivity contribution in [2.75, 3.05) is 31.6 Å². The molecule has 5 heteroatoms. The molecule has 98 valence electrons. The molecule has 1 heterocycles. The van der Waals surface area contributed by atoms with E-state index >= 15 is 0 Å². The van der Waals surface area contributed by atoms with E-state index in [2.05, 4.69) is 21.2 Å². The van der Waals surface area contributed by atoms with E-state index in [0.717, 1.165) is 36.5 Å². The van der Waals surface area contributed by atoms with Gasteiger partial charge in [-0.25, -0.2) is 0 Å². The lowest BCUT2D eigenvalue weighted by Crippen LogP contribution is -3.18. The number of morpholine rings is 1. The number of hydrogen-bond donors (Lipinski definition) is 2. The van der Waals surface area contributed by atoms with Gasteiger partial charge in [-0.1, -0.05) is 22.0 Å². The Balaban J connectivity index is 1.94. The van der Waals surface area contributed by atoms with Gasteiger partial charge in [0.1, 0.15) is 13.1 Å². The molecule has 18 heavy (non-hydrogen) atoms. The van der Waals surface area contributed by atoms with Crippen LogP contribution in [0.1, 0.15) is 6.92 Å². The summed E-state index contributed by atoms with van der Waals surface area (Å²) in [5.74, 6) is 0.0602. The quantitative estimate of drug-likeness (QED) is 0.862. The maximum absolute atomic E-state index is 12.1. The molecule has 1 amide bonds. The zero-order valence-corrected chi connectivity index (χ0v) is 12.0. The zero-order valence-electron chi connectivity index (χ0n) is 10.4. The van der Waals surface area contributed by atoms with Gasteiger partial charge in [-0.05, 0) is 25.1 Å². The lowest BCUT2D eigenvalue weighted by molar-refractivity contribution is -0.921. The van der Waals surface area contributed by atoms with Gasteiger partial charge in [0.15, 0.2) is 6.04 Å². The number of carbonyl (C=O) groups is 1. The molecule has 1 aromatic rings. The maximum atomic E-state index is 12.1. The van der Waals surface area contributed by atoms with Crippen molar-refractivity contribution in [2.45, 2.75) is 13.0 Å². The van der Waals surface area contributed by atoms with Gasteiger partial charge in [-0.2, -0.15) is 0 Å². The van der Waals surface area contributed by atoms with Crippen LogP contribution in [0.4, 0.5) is 5.69 Å². The normalized spacial score (nSPS) is 18.3. The third kappa shape index (κ3) is 3.54. The van der Waals surface area contributed by atoms with Crippen LogP contribution in [0.5, 0.6) is 0 Å². The number of halogens is 1. The second-order valence-electron chi connectivity index (χ2n) is 4.49. The van der Waals surface area contributed by atoms with Gasteiger partial charge in [-0.15, -0.1) is 0 Å². The number of rotatable bonds is 3.